The lowest BCUT2D eigenvalue weighted by atomic mass is 9.68. The molecule has 2 aromatic carbocycles. The van der Waals surface area contributed by atoms with Crippen LogP contribution in [0.25, 0.3) is 0 Å². The van der Waals surface area contributed by atoms with Gasteiger partial charge in [0.2, 0.25) is 0 Å². The van der Waals surface area contributed by atoms with E-state index in [1.54, 1.807) is 0 Å². The maximum Gasteiger partial charge on any atom is 0.307 e. The summed E-state index contributed by atoms with van der Waals surface area (Å²) < 4.78 is 39.1. The fourth-order valence-electron chi connectivity index (χ4n) is 7.50. The number of nitrogens with zero attached hydrogens (tertiary/aromatic N) is 2. The van der Waals surface area contributed by atoms with Gasteiger partial charge in [0.15, 0.2) is 0 Å². The second-order valence-corrected chi connectivity index (χ2v) is 14.1. The van der Waals surface area contributed by atoms with Gasteiger partial charge in [0.25, 0.3) is 10.1 Å². The Morgan fingerprint density at radius 3 is 2.67 bits per heavy atom. The molecule has 3 heterocycles. The minimum Gasteiger partial charge on any atom is -0.481 e. The maximum absolute atomic E-state index is 11.4. The van der Waals surface area contributed by atoms with Crippen LogP contribution in [-0.4, -0.2) is 55.6 Å². The molecule has 0 aromatic heterocycles. The van der Waals surface area contributed by atoms with Gasteiger partial charge in [0.1, 0.15) is 5.82 Å². The summed E-state index contributed by atoms with van der Waals surface area (Å²) in [5.74, 6) is -0.0358. The summed E-state index contributed by atoms with van der Waals surface area (Å²) in [5.41, 5.74) is 8.08. The molecule has 1 aliphatic carbocycles. The highest BCUT2D eigenvalue weighted by Crippen LogP contribution is 2.50. The van der Waals surface area contributed by atoms with Gasteiger partial charge in [-0.1, -0.05) is 50.3 Å². The van der Waals surface area contributed by atoms with Crippen LogP contribution < -0.4 is 9.80 Å². The molecular weight excluding hydrogens is 564 g/mol. The molecule has 3 atom stereocenters. The van der Waals surface area contributed by atoms with Gasteiger partial charge in [-0.25, -0.2) is 0 Å². The first-order chi connectivity index (χ1) is 20.5. The summed E-state index contributed by atoms with van der Waals surface area (Å²) in [6, 6.07) is 14.4. The van der Waals surface area contributed by atoms with Crippen molar-refractivity contribution in [2.45, 2.75) is 75.9 Å². The van der Waals surface area contributed by atoms with E-state index in [0.717, 1.165) is 71.7 Å². The molecule has 2 N–H and O–H groups in total. The highest BCUT2D eigenvalue weighted by atomic mass is 32.2. The zero-order valence-corrected chi connectivity index (χ0v) is 25.7. The molecule has 8 nitrogen and oxygen atoms in total. The molecule has 228 valence electrons. The van der Waals surface area contributed by atoms with Crippen LogP contribution in [-0.2, 0) is 37.9 Å². The van der Waals surface area contributed by atoms with Crippen LogP contribution in [0.2, 0.25) is 0 Å². The summed E-state index contributed by atoms with van der Waals surface area (Å²) in [5, 5.41) is 9.34. The Kier molecular flexibility index (Phi) is 7.77. The van der Waals surface area contributed by atoms with Crippen molar-refractivity contribution >= 4 is 27.5 Å². The number of carboxylic acid groups (broad SMARTS) is 1. The number of ether oxygens (including phenoxy) is 1. The second-order valence-electron chi connectivity index (χ2n) is 12.5. The smallest absolute Gasteiger partial charge is 0.307 e. The van der Waals surface area contributed by atoms with Crippen molar-refractivity contribution in [1.82, 2.24) is 0 Å². The van der Waals surface area contributed by atoms with Crippen molar-refractivity contribution in [3.8, 4) is 0 Å². The third-order valence-electron chi connectivity index (χ3n) is 9.69. The minimum absolute atomic E-state index is 0.0192. The molecule has 6 rings (SSSR count). The lowest BCUT2D eigenvalue weighted by Gasteiger charge is -2.43. The Hall–Kier alpha value is -3.40. The van der Waals surface area contributed by atoms with Crippen LogP contribution in [0.3, 0.4) is 0 Å². The third kappa shape index (κ3) is 5.54. The highest BCUT2D eigenvalue weighted by molar-refractivity contribution is 7.85. The molecule has 0 fully saturated rings. The van der Waals surface area contributed by atoms with E-state index >= 15 is 0 Å². The lowest BCUT2D eigenvalue weighted by Crippen LogP contribution is -2.43. The summed E-state index contributed by atoms with van der Waals surface area (Å²) in [6.45, 7) is 7.75. The van der Waals surface area contributed by atoms with Gasteiger partial charge in [-0.05, 0) is 84.6 Å². The van der Waals surface area contributed by atoms with E-state index in [1.807, 2.05) is 25.2 Å². The van der Waals surface area contributed by atoms with E-state index < -0.39 is 21.5 Å². The normalized spacial score (nSPS) is 25.0. The monoisotopic (exact) mass is 604 g/mol. The van der Waals surface area contributed by atoms with E-state index in [2.05, 4.69) is 47.1 Å². The Labute approximate surface area is 254 Å². The number of hydrogen-bond acceptors (Lipinski definition) is 6. The number of unbranched alkanes of at least 4 members (excludes halogenated alkanes) is 1. The van der Waals surface area contributed by atoms with Gasteiger partial charge >= 0.3 is 5.97 Å². The number of anilines is 2. The maximum atomic E-state index is 11.4. The number of carbonyl (C=O) groups is 1. The molecule has 0 bridgehead atoms. The fraction of sp³-hybridized carbons (Fsp3) is 0.441. The zero-order valence-electron chi connectivity index (χ0n) is 24.9. The van der Waals surface area contributed by atoms with E-state index in [1.165, 1.54) is 11.1 Å². The van der Waals surface area contributed by atoms with Gasteiger partial charge in [-0.15, -0.1) is 0 Å². The van der Waals surface area contributed by atoms with E-state index in [4.69, 9.17) is 11.3 Å². The molecule has 4 aliphatic rings. The molecular formula is C34H40N2O6S. The standard InChI is InChI=1S/C34H40N2O6S/c1-22-25-21-26-31(15-17-36-28-14-13-23(20-32(37)38)19-29(28)35(3)33(26)36)42-30(25)12-8-10-24-9-4-5-11-27(24)34(22,2)16-6-7-18-43(39,40)41/h4-5,9,11,13-14,19,21,30-31H,1,6-8,10,12,15-18,20H2,2-3H3,(H,37,38)(H,39,40,41). The topological polar surface area (TPSA) is 107 Å². The molecule has 0 amide bonds. The first kappa shape index (κ1) is 29.7. The Balaban J connectivity index is 1.41. The van der Waals surface area contributed by atoms with Crippen molar-refractivity contribution in [3.63, 3.8) is 0 Å². The minimum atomic E-state index is -4.02. The van der Waals surface area contributed by atoms with Crippen LogP contribution in [0, 0.1) is 0 Å². The van der Waals surface area contributed by atoms with Crippen LogP contribution in [0.15, 0.2) is 77.7 Å². The van der Waals surface area contributed by atoms with E-state index in [0.29, 0.717) is 19.3 Å². The molecule has 43 heavy (non-hydrogen) atoms. The van der Waals surface area contributed by atoms with Crippen molar-refractivity contribution in [2.75, 3.05) is 29.1 Å². The predicted molar refractivity (Wildman–Crippen MR) is 168 cm³/mol. The second kappa shape index (κ2) is 11.3. The summed E-state index contributed by atoms with van der Waals surface area (Å²) >= 11 is 0. The summed E-state index contributed by atoms with van der Waals surface area (Å²) in [7, 11) is -1.98. The van der Waals surface area contributed by atoms with Gasteiger partial charge in [-0.3, -0.25) is 9.35 Å². The first-order valence-electron chi connectivity index (χ1n) is 15.2. The van der Waals surface area contributed by atoms with Gasteiger partial charge in [0, 0.05) is 24.6 Å². The van der Waals surface area contributed by atoms with Crippen LogP contribution >= 0.6 is 0 Å². The predicted octanol–water partition coefficient (Wildman–Crippen LogP) is 5.79. The third-order valence-corrected chi connectivity index (χ3v) is 10.5. The summed E-state index contributed by atoms with van der Waals surface area (Å²) in [4.78, 5) is 15.9. The molecule has 3 unspecified atom stereocenters. The average molecular weight is 605 g/mol. The molecule has 0 radical (unpaired) electrons. The number of aliphatic carboxylic acids is 1. The van der Waals surface area contributed by atoms with Crippen molar-refractivity contribution in [1.29, 1.82) is 0 Å². The largest absolute Gasteiger partial charge is 0.481 e. The van der Waals surface area contributed by atoms with Crippen LogP contribution in [0.4, 0.5) is 11.4 Å². The number of rotatable bonds is 7. The number of hydrogen-bond donors (Lipinski definition) is 2. The number of fused-ring (bicyclic) bond motifs is 6. The van der Waals surface area contributed by atoms with Crippen LogP contribution in [0.1, 0.15) is 62.1 Å². The first-order valence-corrected chi connectivity index (χ1v) is 16.8. The zero-order chi connectivity index (χ0) is 30.5. The van der Waals surface area contributed by atoms with E-state index in [-0.39, 0.29) is 24.4 Å². The van der Waals surface area contributed by atoms with Crippen molar-refractivity contribution in [2.24, 2.45) is 0 Å². The number of aryl methyl sites for hydroxylation is 1. The van der Waals surface area contributed by atoms with Gasteiger partial charge in [0.05, 0.1) is 35.8 Å². The molecule has 3 aliphatic heterocycles. The Morgan fingerprint density at radius 2 is 1.91 bits per heavy atom. The molecule has 9 heteroatoms. The Morgan fingerprint density at radius 1 is 1.12 bits per heavy atom. The summed E-state index contributed by atoms with van der Waals surface area (Å²) in [6.07, 6.45) is 7.49. The van der Waals surface area contributed by atoms with Crippen molar-refractivity contribution < 1.29 is 27.6 Å². The van der Waals surface area contributed by atoms with Gasteiger partial charge < -0.3 is 19.6 Å². The van der Waals surface area contributed by atoms with Gasteiger partial charge in [-0.2, -0.15) is 8.42 Å². The van der Waals surface area contributed by atoms with Crippen LogP contribution in [0.5, 0.6) is 0 Å². The molecule has 0 spiro atoms. The number of carboxylic acids is 1. The van der Waals surface area contributed by atoms with Crippen molar-refractivity contribution in [3.05, 3.63) is 94.4 Å². The highest BCUT2D eigenvalue weighted by Gasteiger charge is 2.43. The quantitative estimate of drug-likeness (QED) is 0.302. The molecule has 0 saturated carbocycles. The lowest BCUT2D eigenvalue weighted by molar-refractivity contribution is -0.136. The Bertz CT molecular complexity index is 1640. The number of benzene rings is 2. The SMILES string of the molecule is C=C1C2=CC3=C4N(C)c5cc(CC(=O)O)ccc5N4CCC3OC2CCCc2ccccc2C1(C)CCCCS(=O)(=O)O. The molecule has 2 aromatic rings. The molecule has 0 saturated heterocycles. The fourth-order valence-corrected chi connectivity index (χ4v) is 8.07. The van der Waals surface area contributed by atoms with E-state index in [9.17, 15) is 22.9 Å². The average Bonchev–Trinajstić information content (AvgIpc) is 3.26.